The number of carbonyl (C=O) groups excluding carboxylic acids is 1. The molecule has 5 aromatic rings. The SMILES string of the molecule is O=C(Cc1nnc(-c2cc(-c3ccccc3)cc(N3CCOCC3)c2)o1)N1CCC(n2c(=O)[nH]c3ncccc32)CC1. The third-order valence-corrected chi connectivity index (χ3v) is 8.09. The van der Waals surface area contributed by atoms with E-state index in [-0.39, 0.29) is 30.0 Å². The van der Waals surface area contributed by atoms with Crippen LogP contribution in [0.1, 0.15) is 24.8 Å². The minimum Gasteiger partial charge on any atom is -0.420 e. The van der Waals surface area contributed by atoms with E-state index in [0.717, 1.165) is 41.0 Å². The number of hydrogen-bond acceptors (Lipinski definition) is 8. The van der Waals surface area contributed by atoms with Crippen molar-refractivity contribution in [3.63, 3.8) is 0 Å². The molecular weight excluding hydrogens is 534 g/mol. The van der Waals surface area contributed by atoms with Crippen LogP contribution in [0.3, 0.4) is 0 Å². The Morgan fingerprint density at radius 2 is 1.69 bits per heavy atom. The van der Waals surface area contributed by atoms with E-state index in [0.29, 0.717) is 50.7 Å². The van der Waals surface area contributed by atoms with Gasteiger partial charge in [-0.05, 0) is 54.3 Å². The summed E-state index contributed by atoms with van der Waals surface area (Å²) in [5.74, 6) is 0.605. The minimum absolute atomic E-state index is 0.00654. The Morgan fingerprint density at radius 1 is 0.905 bits per heavy atom. The summed E-state index contributed by atoms with van der Waals surface area (Å²) in [4.78, 5) is 36.9. The van der Waals surface area contributed by atoms with Gasteiger partial charge in [0.1, 0.15) is 6.42 Å². The first kappa shape index (κ1) is 26.1. The van der Waals surface area contributed by atoms with E-state index in [9.17, 15) is 9.59 Å². The molecule has 0 atom stereocenters. The molecule has 7 rings (SSSR count). The number of benzene rings is 2. The van der Waals surface area contributed by atoms with Crippen molar-refractivity contribution in [1.29, 1.82) is 0 Å². The highest BCUT2D eigenvalue weighted by atomic mass is 16.5. The van der Waals surface area contributed by atoms with Crippen LogP contribution in [0.4, 0.5) is 5.69 Å². The van der Waals surface area contributed by atoms with Crippen LogP contribution in [-0.4, -0.2) is 74.9 Å². The topological polar surface area (TPSA) is 122 Å². The van der Waals surface area contributed by atoms with E-state index in [1.54, 1.807) is 10.8 Å². The summed E-state index contributed by atoms with van der Waals surface area (Å²) in [6.45, 7) is 4.08. The summed E-state index contributed by atoms with van der Waals surface area (Å²) in [6.07, 6.45) is 3.05. The first-order valence-corrected chi connectivity index (χ1v) is 14.3. The highest BCUT2D eigenvalue weighted by Gasteiger charge is 2.27. The van der Waals surface area contributed by atoms with Crippen LogP contribution >= 0.6 is 0 Å². The van der Waals surface area contributed by atoms with Gasteiger partial charge in [-0.3, -0.25) is 14.3 Å². The van der Waals surface area contributed by atoms with Crippen molar-refractivity contribution in [2.75, 3.05) is 44.3 Å². The van der Waals surface area contributed by atoms with Gasteiger partial charge in [0.15, 0.2) is 5.65 Å². The summed E-state index contributed by atoms with van der Waals surface area (Å²) in [7, 11) is 0. The number of ether oxygens (including phenoxy) is 1. The fourth-order valence-corrected chi connectivity index (χ4v) is 5.91. The zero-order chi connectivity index (χ0) is 28.5. The lowest BCUT2D eigenvalue weighted by Crippen LogP contribution is -2.41. The maximum absolute atomic E-state index is 13.2. The van der Waals surface area contributed by atoms with Gasteiger partial charge in [0.25, 0.3) is 0 Å². The molecule has 2 aliphatic rings. The van der Waals surface area contributed by atoms with Crippen molar-refractivity contribution < 1.29 is 13.9 Å². The molecule has 3 aromatic heterocycles. The number of aromatic amines is 1. The summed E-state index contributed by atoms with van der Waals surface area (Å²) in [5.41, 5.74) is 5.23. The number of fused-ring (bicyclic) bond motifs is 1. The molecule has 0 aliphatic carbocycles. The monoisotopic (exact) mass is 565 g/mol. The van der Waals surface area contributed by atoms with Crippen molar-refractivity contribution in [1.82, 2.24) is 29.6 Å². The van der Waals surface area contributed by atoms with Crippen molar-refractivity contribution in [2.24, 2.45) is 0 Å². The van der Waals surface area contributed by atoms with Crippen molar-refractivity contribution in [3.05, 3.63) is 83.2 Å². The van der Waals surface area contributed by atoms with E-state index in [4.69, 9.17) is 9.15 Å². The number of carbonyl (C=O) groups is 1. The second-order valence-corrected chi connectivity index (χ2v) is 10.7. The number of anilines is 1. The Kier molecular flexibility index (Phi) is 7.00. The number of imidazole rings is 1. The van der Waals surface area contributed by atoms with Gasteiger partial charge in [-0.1, -0.05) is 30.3 Å². The normalized spacial score (nSPS) is 16.3. The number of piperidine rings is 1. The number of morpholine rings is 1. The number of H-pyrrole nitrogens is 1. The summed E-state index contributed by atoms with van der Waals surface area (Å²) >= 11 is 0. The summed E-state index contributed by atoms with van der Waals surface area (Å²) in [6, 6.07) is 20.2. The average molecular weight is 566 g/mol. The van der Waals surface area contributed by atoms with Gasteiger partial charge in [0, 0.05) is 49.7 Å². The highest BCUT2D eigenvalue weighted by Crippen LogP contribution is 2.32. The van der Waals surface area contributed by atoms with Gasteiger partial charge in [0.05, 0.1) is 18.7 Å². The molecule has 1 N–H and O–H groups in total. The van der Waals surface area contributed by atoms with E-state index in [2.05, 4.69) is 49.3 Å². The Hall–Kier alpha value is -4.77. The molecule has 11 heteroatoms. The van der Waals surface area contributed by atoms with E-state index < -0.39 is 0 Å². The maximum Gasteiger partial charge on any atom is 0.327 e. The van der Waals surface area contributed by atoms with E-state index in [1.165, 1.54) is 0 Å². The van der Waals surface area contributed by atoms with Crippen LogP contribution in [0.25, 0.3) is 33.7 Å². The first-order chi connectivity index (χ1) is 20.6. The molecule has 0 unspecified atom stereocenters. The number of nitrogens with one attached hydrogen (secondary N) is 1. The van der Waals surface area contributed by atoms with E-state index >= 15 is 0 Å². The lowest BCUT2D eigenvalue weighted by atomic mass is 10.0. The zero-order valence-corrected chi connectivity index (χ0v) is 23.1. The minimum atomic E-state index is -0.167. The molecule has 0 spiro atoms. The molecule has 0 radical (unpaired) electrons. The van der Waals surface area contributed by atoms with Gasteiger partial charge in [-0.2, -0.15) is 0 Å². The predicted octanol–water partition coefficient (Wildman–Crippen LogP) is 3.68. The molecule has 2 saturated heterocycles. The highest BCUT2D eigenvalue weighted by molar-refractivity contribution is 5.78. The molecule has 42 heavy (non-hydrogen) atoms. The molecule has 11 nitrogen and oxygen atoms in total. The number of hydrogen-bond donors (Lipinski definition) is 1. The van der Waals surface area contributed by atoms with Gasteiger partial charge < -0.3 is 19.0 Å². The maximum atomic E-state index is 13.2. The Bertz CT molecular complexity index is 1760. The standard InChI is InChI=1S/C31H31N7O4/c39-28(37-11-8-24(9-12-37)38-26-7-4-10-32-29(26)33-31(38)40)20-27-34-35-30(42-27)23-17-22(21-5-2-1-3-6-21)18-25(19-23)36-13-15-41-16-14-36/h1-7,10,17-19,24H,8-9,11-16,20H2,(H,32,33,40). The van der Waals surface area contributed by atoms with Crippen LogP contribution in [-0.2, 0) is 16.0 Å². The molecule has 2 aliphatic heterocycles. The van der Waals surface area contributed by atoms with Crippen molar-refractivity contribution in [3.8, 4) is 22.6 Å². The molecule has 214 valence electrons. The smallest absolute Gasteiger partial charge is 0.327 e. The fourth-order valence-electron chi connectivity index (χ4n) is 5.91. The van der Waals surface area contributed by atoms with Gasteiger partial charge in [-0.15, -0.1) is 10.2 Å². The van der Waals surface area contributed by atoms with Crippen molar-refractivity contribution >= 4 is 22.8 Å². The third-order valence-electron chi connectivity index (χ3n) is 8.09. The van der Waals surface area contributed by atoms with Crippen LogP contribution < -0.4 is 10.6 Å². The van der Waals surface area contributed by atoms with Gasteiger partial charge in [0.2, 0.25) is 17.7 Å². The van der Waals surface area contributed by atoms with Gasteiger partial charge in [-0.25, -0.2) is 9.78 Å². The number of pyridine rings is 1. The third kappa shape index (κ3) is 5.18. The molecule has 0 bridgehead atoms. The Labute approximate surface area is 241 Å². The number of amides is 1. The fraction of sp³-hybridized carbons (Fsp3) is 0.323. The summed E-state index contributed by atoms with van der Waals surface area (Å²) in [5, 5.41) is 8.53. The zero-order valence-electron chi connectivity index (χ0n) is 23.1. The second-order valence-electron chi connectivity index (χ2n) is 10.7. The number of aromatic nitrogens is 5. The van der Waals surface area contributed by atoms with E-state index in [1.807, 2.05) is 41.3 Å². The second kappa shape index (κ2) is 11.2. The molecule has 0 saturated carbocycles. The number of rotatable bonds is 6. The lowest BCUT2D eigenvalue weighted by molar-refractivity contribution is -0.132. The van der Waals surface area contributed by atoms with Crippen LogP contribution in [0.2, 0.25) is 0 Å². The Morgan fingerprint density at radius 3 is 2.50 bits per heavy atom. The largest absolute Gasteiger partial charge is 0.420 e. The first-order valence-electron chi connectivity index (χ1n) is 14.3. The summed E-state index contributed by atoms with van der Waals surface area (Å²) < 4.78 is 13.4. The predicted molar refractivity (Wildman–Crippen MR) is 157 cm³/mol. The molecule has 2 fully saturated rings. The molecule has 5 heterocycles. The quantitative estimate of drug-likeness (QED) is 0.331. The van der Waals surface area contributed by atoms with Crippen LogP contribution in [0.15, 0.2) is 76.1 Å². The number of likely N-dealkylation sites (tertiary alicyclic amines) is 1. The molecule has 1 amide bonds. The van der Waals surface area contributed by atoms with Gasteiger partial charge >= 0.3 is 5.69 Å². The number of nitrogens with zero attached hydrogens (tertiary/aromatic N) is 6. The molecule has 2 aromatic carbocycles. The average Bonchev–Trinajstić information content (AvgIpc) is 3.65. The Balaban J connectivity index is 1.06. The van der Waals surface area contributed by atoms with Crippen molar-refractivity contribution in [2.45, 2.75) is 25.3 Å². The lowest BCUT2D eigenvalue weighted by Gasteiger charge is -2.32. The van der Waals surface area contributed by atoms with Crippen LogP contribution in [0.5, 0.6) is 0 Å². The molecular formula is C31H31N7O4. The van der Waals surface area contributed by atoms with Crippen LogP contribution in [0, 0.1) is 0 Å².